The van der Waals surface area contributed by atoms with Gasteiger partial charge >= 0.3 is 0 Å². The molecule has 4 heteroatoms. The van der Waals surface area contributed by atoms with Gasteiger partial charge in [-0.1, -0.05) is 6.42 Å². The first kappa shape index (κ1) is 13.8. The van der Waals surface area contributed by atoms with Crippen LogP contribution >= 0.6 is 0 Å². The van der Waals surface area contributed by atoms with Crippen molar-refractivity contribution in [2.75, 3.05) is 33.2 Å². The van der Waals surface area contributed by atoms with Crippen LogP contribution in [0.4, 0.5) is 0 Å². The largest absolute Gasteiger partial charge is 0.345 e. The maximum atomic E-state index is 12.1. The second-order valence-corrected chi connectivity index (χ2v) is 5.64. The molecule has 0 spiro atoms. The molecule has 0 aromatic carbocycles. The lowest BCUT2D eigenvalue weighted by Gasteiger charge is -2.39. The highest BCUT2D eigenvalue weighted by atomic mass is 16.2. The molecule has 0 bridgehead atoms. The zero-order valence-corrected chi connectivity index (χ0v) is 11.8. The Morgan fingerprint density at radius 3 is 2.83 bits per heavy atom. The molecular formula is C14H27N3O. The van der Waals surface area contributed by atoms with E-state index in [1.807, 2.05) is 18.9 Å². The summed E-state index contributed by atoms with van der Waals surface area (Å²) in [7, 11) is 1.90. The van der Waals surface area contributed by atoms with Gasteiger partial charge in [0.25, 0.3) is 0 Å². The SMILES string of the molecule is CCN(C)C(=O)CN1CCCCC1C1CCCN1. The van der Waals surface area contributed by atoms with E-state index >= 15 is 0 Å². The third-order valence-electron chi connectivity index (χ3n) is 4.47. The lowest BCUT2D eigenvalue weighted by Crippen LogP contribution is -2.53. The van der Waals surface area contributed by atoms with Crippen LogP contribution in [-0.2, 0) is 4.79 Å². The van der Waals surface area contributed by atoms with Crippen LogP contribution in [-0.4, -0.2) is 61.0 Å². The monoisotopic (exact) mass is 253 g/mol. The lowest BCUT2D eigenvalue weighted by atomic mass is 9.94. The molecule has 0 saturated carbocycles. The number of nitrogens with zero attached hydrogens (tertiary/aromatic N) is 2. The smallest absolute Gasteiger partial charge is 0.236 e. The Morgan fingerprint density at radius 2 is 2.17 bits per heavy atom. The van der Waals surface area contributed by atoms with Gasteiger partial charge in [-0.15, -0.1) is 0 Å². The molecule has 104 valence electrons. The molecule has 2 aliphatic heterocycles. The molecule has 4 nitrogen and oxygen atoms in total. The minimum atomic E-state index is 0.266. The first-order valence-electron chi connectivity index (χ1n) is 7.43. The van der Waals surface area contributed by atoms with Crippen molar-refractivity contribution in [3.63, 3.8) is 0 Å². The number of carbonyl (C=O) groups is 1. The summed E-state index contributed by atoms with van der Waals surface area (Å²) in [4.78, 5) is 16.3. The fraction of sp³-hybridized carbons (Fsp3) is 0.929. The highest BCUT2D eigenvalue weighted by Crippen LogP contribution is 2.24. The number of piperidine rings is 1. The van der Waals surface area contributed by atoms with Gasteiger partial charge < -0.3 is 10.2 Å². The number of carbonyl (C=O) groups excluding carboxylic acids is 1. The van der Waals surface area contributed by atoms with E-state index in [0.717, 1.165) is 19.6 Å². The van der Waals surface area contributed by atoms with E-state index in [1.165, 1.54) is 32.1 Å². The van der Waals surface area contributed by atoms with Gasteiger partial charge in [0.1, 0.15) is 0 Å². The maximum Gasteiger partial charge on any atom is 0.236 e. The summed E-state index contributed by atoms with van der Waals surface area (Å²) in [6, 6.07) is 1.19. The molecule has 2 saturated heterocycles. The predicted molar refractivity (Wildman–Crippen MR) is 73.5 cm³/mol. The first-order valence-corrected chi connectivity index (χ1v) is 7.43. The molecule has 2 fully saturated rings. The zero-order valence-electron chi connectivity index (χ0n) is 11.8. The summed E-state index contributed by atoms with van der Waals surface area (Å²) in [5.74, 6) is 0.266. The Labute approximate surface area is 111 Å². The summed E-state index contributed by atoms with van der Waals surface area (Å²) in [6.45, 7) is 5.68. The van der Waals surface area contributed by atoms with Crippen molar-refractivity contribution in [3.05, 3.63) is 0 Å². The average molecular weight is 253 g/mol. The van der Waals surface area contributed by atoms with Crippen LogP contribution in [0, 0.1) is 0 Å². The van der Waals surface area contributed by atoms with Crippen LogP contribution in [0.25, 0.3) is 0 Å². The van der Waals surface area contributed by atoms with Gasteiger partial charge in [0.05, 0.1) is 6.54 Å². The van der Waals surface area contributed by atoms with Gasteiger partial charge in [-0.25, -0.2) is 0 Å². The molecule has 2 atom stereocenters. The normalized spacial score (nSPS) is 29.4. The Hall–Kier alpha value is -0.610. The number of likely N-dealkylation sites (N-methyl/N-ethyl adjacent to an activating group) is 1. The summed E-state index contributed by atoms with van der Waals surface area (Å²) in [5.41, 5.74) is 0. The molecule has 0 aliphatic carbocycles. The Balaban J connectivity index is 1.92. The number of amides is 1. The molecular weight excluding hydrogens is 226 g/mol. The molecule has 2 rings (SSSR count). The van der Waals surface area contributed by atoms with Crippen LogP contribution in [0.2, 0.25) is 0 Å². The Kier molecular flexibility index (Phi) is 5.01. The first-order chi connectivity index (χ1) is 8.72. The van der Waals surface area contributed by atoms with Crippen molar-refractivity contribution in [2.24, 2.45) is 0 Å². The molecule has 1 amide bonds. The second-order valence-electron chi connectivity index (χ2n) is 5.64. The van der Waals surface area contributed by atoms with Crippen molar-refractivity contribution >= 4 is 5.91 Å². The number of rotatable bonds is 4. The number of likely N-dealkylation sites (tertiary alicyclic amines) is 1. The molecule has 0 radical (unpaired) electrons. The summed E-state index contributed by atoms with van der Waals surface area (Å²) < 4.78 is 0. The highest BCUT2D eigenvalue weighted by molar-refractivity contribution is 5.78. The summed E-state index contributed by atoms with van der Waals surface area (Å²) in [6.07, 6.45) is 6.38. The molecule has 2 aliphatic rings. The van der Waals surface area contributed by atoms with E-state index in [-0.39, 0.29) is 5.91 Å². The standard InChI is InChI=1S/C14H27N3O/c1-3-16(2)14(18)11-17-10-5-4-8-13(17)12-7-6-9-15-12/h12-13,15H,3-11H2,1-2H3. The van der Waals surface area contributed by atoms with E-state index in [0.29, 0.717) is 18.6 Å². The van der Waals surface area contributed by atoms with Crippen molar-refractivity contribution in [1.82, 2.24) is 15.1 Å². The quantitative estimate of drug-likeness (QED) is 0.814. The van der Waals surface area contributed by atoms with Crippen molar-refractivity contribution < 1.29 is 4.79 Å². The maximum absolute atomic E-state index is 12.1. The highest BCUT2D eigenvalue weighted by Gasteiger charge is 2.32. The lowest BCUT2D eigenvalue weighted by molar-refractivity contribution is -0.132. The minimum Gasteiger partial charge on any atom is -0.345 e. The van der Waals surface area contributed by atoms with Gasteiger partial charge in [0.15, 0.2) is 0 Å². The van der Waals surface area contributed by atoms with Crippen LogP contribution in [0.5, 0.6) is 0 Å². The van der Waals surface area contributed by atoms with E-state index in [1.54, 1.807) is 0 Å². The molecule has 2 heterocycles. The van der Waals surface area contributed by atoms with Gasteiger partial charge in [0, 0.05) is 25.7 Å². The summed E-state index contributed by atoms with van der Waals surface area (Å²) >= 11 is 0. The Bertz CT molecular complexity index is 276. The predicted octanol–water partition coefficient (Wildman–Crippen LogP) is 1.07. The number of hydrogen-bond acceptors (Lipinski definition) is 3. The van der Waals surface area contributed by atoms with Gasteiger partial charge in [-0.05, 0) is 45.7 Å². The van der Waals surface area contributed by atoms with E-state index in [4.69, 9.17) is 0 Å². The topological polar surface area (TPSA) is 35.6 Å². The van der Waals surface area contributed by atoms with Crippen LogP contribution in [0.1, 0.15) is 39.0 Å². The number of hydrogen-bond donors (Lipinski definition) is 1. The molecule has 1 N–H and O–H groups in total. The zero-order chi connectivity index (χ0) is 13.0. The van der Waals surface area contributed by atoms with E-state index in [2.05, 4.69) is 10.2 Å². The number of nitrogens with one attached hydrogen (secondary N) is 1. The van der Waals surface area contributed by atoms with Gasteiger partial charge in [-0.2, -0.15) is 0 Å². The van der Waals surface area contributed by atoms with Crippen molar-refractivity contribution in [1.29, 1.82) is 0 Å². The average Bonchev–Trinajstić information content (AvgIpc) is 2.92. The minimum absolute atomic E-state index is 0.266. The molecule has 18 heavy (non-hydrogen) atoms. The van der Waals surface area contributed by atoms with Gasteiger partial charge in [0.2, 0.25) is 5.91 Å². The molecule has 2 unspecified atom stereocenters. The molecule has 0 aromatic heterocycles. The summed E-state index contributed by atoms with van der Waals surface area (Å²) in [5, 5.41) is 3.61. The van der Waals surface area contributed by atoms with Crippen LogP contribution in [0.3, 0.4) is 0 Å². The fourth-order valence-corrected chi connectivity index (χ4v) is 3.18. The van der Waals surface area contributed by atoms with Crippen LogP contribution in [0.15, 0.2) is 0 Å². The van der Waals surface area contributed by atoms with Crippen molar-refractivity contribution in [2.45, 2.75) is 51.1 Å². The molecule has 0 aromatic rings. The van der Waals surface area contributed by atoms with E-state index < -0.39 is 0 Å². The third-order valence-corrected chi connectivity index (χ3v) is 4.47. The van der Waals surface area contributed by atoms with Crippen LogP contribution < -0.4 is 5.32 Å². The second kappa shape index (κ2) is 6.53. The fourth-order valence-electron chi connectivity index (χ4n) is 3.18. The van der Waals surface area contributed by atoms with Crippen molar-refractivity contribution in [3.8, 4) is 0 Å². The van der Waals surface area contributed by atoms with E-state index in [9.17, 15) is 4.79 Å². The third kappa shape index (κ3) is 3.23. The van der Waals surface area contributed by atoms with Gasteiger partial charge in [-0.3, -0.25) is 9.69 Å². The Morgan fingerprint density at radius 1 is 1.33 bits per heavy atom.